The first kappa shape index (κ1) is 45.7. The van der Waals surface area contributed by atoms with Gasteiger partial charge in [-0.1, -0.05) is 212 Å². The third-order valence-corrected chi connectivity index (χ3v) is 14.3. The van der Waals surface area contributed by atoms with E-state index in [1.165, 1.54) is 0 Å². The first-order chi connectivity index (χ1) is 38.6. The van der Waals surface area contributed by atoms with Crippen LogP contribution in [0.4, 0.5) is 0 Å². The van der Waals surface area contributed by atoms with Gasteiger partial charge in [-0.15, -0.1) is 0 Å². The average Bonchev–Trinajstić information content (AvgIpc) is 3.65. The Morgan fingerprint density at radius 2 is 0.654 bits per heavy atom. The smallest absolute Gasteiger partial charge is 0.160 e. The summed E-state index contributed by atoms with van der Waals surface area (Å²) in [6, 6.07) is 88.3. The van der Waals surface area contributed by atoms with E-state index in [1.807, 2.05) is 146 Å². The van der Waals surface area contributed by atoms with E-state index in [4.69, 9.17) is 34.9 Å². The lowest BCUT2D eigenvalue weighted by molar-refractivity contribution is 1.19. The van der Waals surface area contributed by atoms with Gasteiger partial charge in [0.05, 0.1) is 62.0 Å². The van der Waals surface area contributed by atoms with Crippen LogP contribution >= 0.6 is 0 Å². The van der Waals surface area contributed by atoms with E-state index in [-0.39, 0.29) is 0 Å². The van der Waals surface area contributed by atoms with Gasteiger partial charge in [-0.05, 0) is 64.7 Å². The molecular weight excluding hydrogens is 953 g/mol. The molecule has 0 saturated carbocycles. The molecule has 0 fully saturated rings. The lowest BCUT2D eigenvalue weighted by atomic mass is 9.92. The zero-order valence-electron chi connectivity index (χ0n) is 41.8. The fourth-order valence-electron chi connectivity index (χ4n) is 10.6. The van der Waals surface area contributed by atoms with Crippen molar-refractivity contribution in [3.05, 3.63) is 260 Å². The number of fused-ring (bicyclic) bond motifs is 6. The predicted octanol–water partition coefficient (Wildman–Crippen LogP) is 16.9. The monoisotopic (exact) mass is 994 g/mol. The first-order valence-electron chi connectivity index (χ1n) is 25.8. The quantitative estimate of drug-likeness (QED) is 0.131. The number of hydrogen-bond acceptors (Lipinski definition) is 8. The van der Waals surface area contributed by atoms with Gasteiger partial charge in [0.25, 0.3) is 0 Å². The van der Waals surface area contributed by atoms with Crippen molar-refractivity contribution in [2.45, 2.75) is 0 Å². The van der Waals surface area contributed by atoms with Crippen molar-refractivity contribution in [3.8, 4) is 108 Å². The number of aromatic nitrogens is 7. The highest BCUT2D eigenvalue weighted by Gasteiger charge is 2.24. The predicted molar refractivity (Wildman–Crippen MR) is 315 cm³/mol. The minimum atomic E-state index is 0.412. The van der Waals surface area contributed by atoms with Gasteiger partial charge in [0.1, 0.15) is 17.3 Å². The van der Waals surface area contributed by atoms with E-state index in [2.05, 4.69) is 115 Å². The average molecular weight is 995 g/mol. The molecular formula is C70H42N8. The molecule has 362 valence electrons. The van der Waals surface area contributed by atoms with Gasteiger partial charge < -0.3 is 0 Å². The molecule has 14 rings (SSSR count). The second kappa shape index (κ2) is 19.4. The highest BCUT2D eigenvalue weighted by molar-refractivity contribution is 6.15. The van der Waals surface area contributed by atoms with E-state index >= 15 is 0 Å². The van der Waals surface area contributed by atoms with Gasteiger partial charge in [0.15, 0.2) is 5.82 Å². The largest absolute Gasteiger partial charge is 0.246 e. The van der Waals surface area contributed by atoms with Gasteiger partial charge in [-0.3, -0.25) is 0 Å². The summed E-state index contributed by atoms with van der Waals surface area (Å²) < 4.78 is 0. The number of pyridine rings is 5. The van der Waals surface area contributed by atoms with Crippen molar-refractivity contribution in [1.82, 2.24) is 34.9 Å². The normalized spacial score (nSPS) is 11.3. The van der Waals surface area contributed by atoms with E-state index in [9.17, 15) is 5.26 Å². The molecule has 0 unspecified atom stereocenters. The standard InChI is InChI=1S/C70H42N8/c71-43-56-63(52-39-37-50-54(44-21-7-1-8-22-44)41-61(46-25-11-3-12-26-46)74-66(50)68(52)76-64(56)48-29-15-5-16-30-48)59-35-19-33-57(72-59)58-34-20-36-60(73-58)65-53-40-38-51-55(45-23-9-2-10-24-45)42-62(47-27-13-4-14-28-47)75-67(51)69(53)78-70(77-65)49-31-17-6-18-32-49/h1-42H. The van der Waals surface area contributed by atoms with E-state index in [1.54, 1.807) is 0 Å². The molecule has 0 bridgehead atoms. The van der Waals surface area contributed by atoms with Crippen LogP contribution in [0.25, 0.3) is 145 Å². The van der Waals surface area contributed by atoms with Crippen LogP contribution in [0.5, 0.6) is 0 Å². The Labute approximate surface area is 449 Å². The zero-order valence-corrected chi connectivity index (χ0v) is 41.8. The maximum Gasteiger partial charge on any atom is 0.160 e. The van der Waals surface area contributed by atoms with Crippen LogP contribution in [0, 0.1) is 11.3 Å². The fraction of sp³-hybridized carbons (Fsp3) is 0. The summed E-state index contributed by atoms with van der Waals surface area (Å²) >= 11 is 0. The molecule has 78 heavy (non-hydrogen) atoms. The highest BCUT2D eigenvalue weighted by Crippen LogP contribution is 2.43. The minimum absolute atomic E-state index is 0.412. The molecule has 0 radical (unpaired) electrons. The Balaban J connectivity index is 0.971. The topological polar surface area (TPSA) is 114 Å². The van der Waals surface area contributed by atoms with Crippen LogP contribution < -0.4 is 0 Å². The van der Waals surface area contributed by atoms with Crippen molar-refractivity contribution in [2.24, 2.45) is 0 Å². The van der Waals surface area contributed by atoms with Gasteiger partial charge in [-0.2, -0.15) is 5.26 Å². The molecule has 8 nitrogen and oxygen atoms in total. The lowest BCUT2D eigenvalue weighted by Gasteiger charge is -2.17. The number of benzene rings is 8. The van der Waals surface area contributed by atoms with Crippen LogP contribution in [-0.2, 0) is 0 Å². The van der Waals surface area contributed by atoms with Crippen LogP contribution in [-0.4, -0.2) is 34.9 Å². The summed E-state index contributed by atoms with van der Waals surface area (Å²) in [5.41, 5.74) is 17.2. The van der Waals surface area contributed by atoms with Crippen LogP contribution in [0.3, 0.4) is 0 Å². The molecule has 0 aliphatic rings. The summed E-state index contributed by atoms with van der Waals surface area (Å²) in [4.78, 5) is 37.6. The van der Waals surface area contributed by atoms with E-state index < -0.39 is 0 Å². The van der Waals surface area contributed by atoms with Crippen LogP contribution in [0.2, 0.25) is 0 Å². The molecule has 8 heteroatoms. The number of hydrogen-bond donors (Lipinski definition) is 0. The molecule has 0 aliphatic carbocycles. The van der Waals surface area contributed by atoms with Gasteiger partial charge in [-0.25, -0.2) is 34.9 Å². The molecule has 0 amide bonds. The highest BCUT2D eigenvalue weighted by atomic mass is 14.9. The Morgan fingerprint density at radius 3 is 1.17 bits per heavy atom. The zero-order chi connectivity index (χ0) is 51.9. The summed E-state index contributed by atoms with van der Waals surface area (Å²) in [5, 5.41) is 14.8. The van der Waals surface area contributed by atoms with Crippen LogP contribution in [0.15, 0.2) is 255 Å². The Bertz CT molecular complexity index is 4650. The summed E-state index contributed by atoms with van der Waals surface area (Å²) in [6.07, 6.45) is 0. The van der Waals surface area contributed by atoms with E-state index in [0.29, 0.717) is 56.6 Å². The van der Waals surface area contributed by atoms with Crippen molar-refractivity contribution < 1.29 is 0 Å². The number of nitrogens with zero attached hydrogens (tertiary/aromatic N) is 8. The number of rotatable bonds is 9. The SMILES string of the molecule is N#Cc1c(-c2ccccc2)nc2c(ccc3c(-c4ccccc4)cc(-c4ccccc4)nc32)c1-c1cccc(-c2cccc(-c3nc(-c4ccccc4)nc4c3ccc3c(-c5ccccc5)cc(-c5ccccc5)nc34)n2)n1. The first-order valence-corrected chi connectivity index (χ1v) is 25.8. The Kier molecular flexibility index (Phi) is 11.4. The molecule has 6 heterocycles. The van der Waals surface area contributed by atoms with Crippen molar-refractivity contribution >= 4 is 43.6 Å². The molecule has 8 aromatic carbocycles. The molecule has 14 aromatic rings. The van der Waals surface area contributed by atoms with Crippen molar-refractivity contribution in [1.29, 1.82) is 5.26 Å². The van der Waals surface area contributed by atoms with Gasteiger partial charge >= 0.3 is 0 Å². The Morgan fingerprint density at radius 1 is 0.256 bits per heavy atom. The maximum absolute atomic E-state index is 11.3. The number of nitriles is 1. The Hall–Kier alpha value is -10.9. The summed E-state index contributed by atoms with van der Waals surface area (Å²) in [6.45, 7) is 0. The fourth-order valence-corrected chi connectivity index (χ4v) is 10.6. The second-order valence-electron chi connectivity index (χ2n) is 19.1. The minimum Gasteiger partial charge on any atom is -0.246 e. The summed E-state index contributed by atoms with van der Waals surface area (Å²) in [7, 11) is 0. The molecule has 0 spiro atoms. The third kappa shape index (κ3) is 8.16. The van der Waals surface area contributed by atoms with E-state index in [0.717, 1.165) is 94.0 Å². The van der Waals surface area contributed by atoms with Crippen molar-refractivity contribution in [3.63, 3.8) is 0 Å². The molecule has 0 atom stereocenters. The third-order valence-electron chi connectivity index (χ3n) is 14.3. The van der Waals surface area contributed by atoms with Gasteiger partial charge in [0.2, 0.25) is 0 Å². The lowest BCUT2D eigenvalue weighted by Crippen LogP contribution is -2.01. The van der Waals surface area contributed by atoms with Crippen molar-refractivity contribution in [2.75, 3.05) is 0 Å². The van der Waals surface area contributed by atoms with Gasteiger partial charge in [0, 0.05) is 49.4 Å². The van der Waals surface area contributed by atoms with Crippen LogP contribution in [0.1, 0.15) is 5.56 Å². The summed E-state index contributed by atoms with van der Waals surface area (Å²) in [5.74, 6) is 0.558. The molecule has 0 aliphatic heterocycles. The maximum atomic E-state index is 11.3. The molecule has 6 aromatic heterocycles. The second-order valence-corrected chi connectivity index (χ2v) is 19.1. The molecule has 0 N–H and O–H groups in total. The molecule has 0 saturated heterocycles.